The lowest BCUT2D eigenvalue weighted by Gasteiger charge is -2.30. The van der Waals surface area contributed by atoms with Crippen LogP contribution in [0.4, 0.5) is 5.69 Å². The number of hydrazine groups is 1. The van der Waals surface area contributed by atoms with Gasteiger partial charge in [-0.15, -0.1) is 0 Å². The highest BCUT2D eigenvalue weighted by Crippen LogP contribution is 2.30. The number of likely N-dealkylation sites (N-methyl/N-ethyl adjacent to an activating group) is 2. The number of anilines is 1. The Kier molecular flexibility index (Phi) is 5.55. The topological polar surface area (TPSA) is 21.8 Å². The van der Waals surface area contributed by atoms with Crippen LogP contribution in [0, 0.1) is 6.92 Å². The predicted molar refractivity (Wildman–Crippen MR) is 102 cm³/mol. The van der Waals surface area contributed by atoms with E-state index < -0.39 is 0 Å². The average molecular weight is 353 g/mol. The van der Waals surface area contributed by atoms with Gasteiger partial charge in [0.05, 0.1) is 11.7 Å². The molecule has 0 amide bonds. The fourth-order valence-corrected chi connectivity index (χ4v) is 3.41. The van der Waals surface area contributed by atoms with Crippen LogP contribution in [0.3, 0.4) is 0 Å². The van der Waals surface area contributed by atoms with E-state index >= 15 is 0 Å². The van der Waals surface area contributed by atoms with Gasteiger partial charge in [0, 0.05) is 37.0 Å². The van der Waals surface area contributed by atoms with Crippen molar-refractivity contribution in [1.29, 1.82) is 0 Å². The van der Waals surface area contributed by atoms with Gasteiger partial charge in [-0.25, -0.2) is 5.01 Å². The van der Waals surface area contributed by atoms with Gasteiger partial charge in [-0.1, -0.05) is 17.7 Å². The molecule has 0 bridgehead atoms. The Morgan fingerprint density at radius 2 is 2.00 bits per heavy atom. The van der Waals surface area contributed by atoms with Crippen LogP contribution in [-0.2, 0) is 0 Å². The Morgan fingerprint density at radius 1 is 1.35 bits per heavy atom. The van der Waals surface area contributed by atoms with E-state index in [1.165, 1.54) is 11.4 Å². The van der Waals surface area contributed by atoms with Crippen LogP contribution < -0.4 is 5.32 Å². The Bertz CT molecular complexity index is 643. The molecule has 1 unspecified atom stereocenters. The van der Waals surface area contributed by atoms with Gasteiger partial charge in [-0.05, 0) is 57.6 Å². The number of nitrogens with zero attached hydrogens (tertiary/aromatic N) is 3. The molecule has 1 heterocycles. The summed E-state index contributed by atoms with van der Waals surface area (Å²) in [7, 11) is 4.16. The monoisotopic (exact) mass is 352 g/mol. The minimum absolute atomic E-state index is 0.278. The molecule has 0 saturated heterocycles. The first-order chi connectivity index (χ1) is 10.8. The lowest BCUT2D eigenvalue weighted by molar-refractivity contribution is 0.0658. The Labute approximate surface area is 149 Å². The molecule has 1 aliphatic rings. The van der Waals surface area contributed by atoms with Crippen LogP contribution in [0.2, 0.25) is 5.02 Å². The molecule has 2 rings (SSSR count). The van der Waals surface area contributed by atoms with Crippen LogP contribution in [0.15, 0.2) is 29.6 Å². The molecule has 0 spiro atoms. The molecule has 0 fully saturated rings. The molecule has 0 aromatic heterocycles. The van der Waals surface area contributed by atoms with Crippen LogP contribution in [-0.4, -0.2) is 46.7 Å². The van der Waals surface area contributed by atoms with Crippen molar-refractivity contribution in [1.82, 2.24) is 14.9 Å². The molecule has 6 heteroatoms. The van der Waals surface area contributed by atoms with Gasteiger partial charge < -0.3 is 15.2 Å². The minimum atomic E-state index is 0.278. The number of thiocarbonyl (C=S) groups is 1. The zero-order chi connectivity index (χ0) is 17.3. The first kappa shape index (κ1) is 18.0. The van der Waals surface area contributed by atoms with Crippen LogP contribution >= 0.6 is 23.8 Å². The molecule has 0 aliphatic carbocycles. The molecule has 1 N–H and O–H groups in total. The van der Waals surface area contributed by atoms with E-state index in [1.54, 1.807) is 0 Å². The maximum atomic E-state index is 6.11. The molecular formula is C17H25ClN4S. The molecule has 1 aliphatic heterocycles. The summed E-state index contributed by atoms with van der Waals surface area (Å²) in [6.07, 6.45) is 0. The van der Waals surface area contributed by atoms with Crippen molar-refractivity contribution in [3.8, 4) is 0 Å². The molecule has 1 atom stereocenters. The van der Waals surface area contributed by atoms with Gasteiger partial charge in [0.1, 0.15) is 0 Å². The summed E-state index contributed by atoms with van der Waals surface area (Å²) in [6, 6.07) is 6.07. The quantitative estimate of drug-likeness (QED) is 0.825. The maximum absolute atomic E-state index is 6.11. The number of hydrogen-bond donors (Lipinski definition) is 1. The smallest absolute Gasteiger partial charge is 0.177 e. The standard InChI is InChI=1S/C17H25ClN4S/c1-7-22(16-12(3)20(5)21(6)13(16)4)17(23)19-15-10-14(18)9-8-11(15)2/h8-10,12H,7H2,1-6H3,(H,19,23). The number of halogens is 1. The number of hydrogen-bond acceptors (Lipinski definition) is 3. The Balaban J connectivity index is 2.28. The molecule has 126 valence electrons. The minimum Gasteiger partial charge on any atom is -0.332 e. The molecule has 0 saturated carbocycles. The zero-order valence-corrected chi connectivity index (χ0v) is 16.2. The summed E-state index contributed by atoms with van der Waals surface area (Å²) in [5, 5.41) is 9.12. The molecule has 1 aromatic rings. The SMILES string of the molecule is CCN(C(=S)Nc1cc(Cl)ccc1C)C1=C(C)N(C)N(C)C1C. The summed E-state index contributed by atoms with van der Waals surface area (Å²) >= 11 is 11.8. The fraction of sp³-hybridized carbons (Fsp3) is 0.471. The van der Waals surface area contributed by atoms with E-state index in [2.05, 4.69) is 55.1 Å². The molecule has 1 aromatic carbocycles. The number of nitrogens with one attached hydrogen (secondary N) is 1. The highest BCUT2D eigenvalue weighted by Gasteiger charge is 2.33. The van der Waals surface area contributed by atoms with E-state index in [0.717, 1.165) is 17.8 Å². The van der Waals surface area contributed by atoms with Crippen LogP contribution in [0.25, 0.3) is 0 Å². The van der Waals surface area contributed by atoms with Crippen molar-refractivity contribution in [3.63, 3.8) is 0 Å². The van der Waals surface area contributed by atoms with E-state index in [0.29, 0.717) is 10.1 Å². The zero-order valence-electron chi connectivity index (χ0n) is 14.6. The normalized spacial score (nSPS) is 18.6. The summed E-state index contributed by atoms with van der Waals surface area (Å²) in [6.45, 7) is 9.29. The van der Waals surface area contributed by atoms with E-state index in [4.69, 9.17) is 23.8 Å². The Hall–Kier alpha value is -1.30. The highest BCUT2D eigenvalue weighted by atomic mass is 35.5. The van der Waals surface area contributed by atoms with Crippen LogP contribution in [0.1, 0.15) is 26.3 Å². The van der Waals surface area contributed by atoms with Crippen molar-refractivity contribution < 1.29 is 0 Å². The first-order valence-corrected chi connectivity index (χ1v) is 8.58. The third-order valence-electron chi connectivity index (χ3n) is 4.58. The molecule has 4 nitrogen and oxygen atoms in total. The highest BCUT2D eigenvalue weighted by molar-refractivity contribution is 7.80. The van der Waals surface area contributed by atoms with Crippen molar-refractivity contribution in [2.45, 2.75) is 33.7 Å². The van der Waals surface area contributed by atoms with E-state index in [1.807, 2.05) is 25.1 Å². The third-order valence-corrected chi connectivity index (χ3v) is 5.14. The number of aryl methyl sites for hydroxylation is 1. The van der Waals surface area contributed by atoms with Gasteiger partial charge in [0.25, 0.3) is 0 Å². The first-order valence-electron chi connectivity index (χ1n) is 7.79. The van der Waals surface area contributed by atoms with Gasteiger partial charge >= 0.3 is 0 Å². The van der Waals surface area contributed by atoms with E-state index in [-0.39, 0.29) is 6.04 Å². The maximum Gasteiger partial charge on any atom is 0.177 e. The van der Waals surface area contributed by atoms with Gasteiger partial charge in [-0.2, -0.15) is 0 Å². The van der Waals surface area contributed by atoms with Crippen molar-refractivity contribution in [2.24, 2.45) is 0 Å². The largest absolute Gasteiger partial charge is 0.332 e. The lowest BCUT2D eigenvalue weighted by atomic mass is 10.2. The number of allylic oxidation sites excluding steroid dienone is 1. The summed E-state index contributed by atoms with van der Waals surface area (Å²) < 4.78 is 0. The third kappa shape index (κ3) is 3.47. The van der Waals surface area contributed by atoms with Gasteiger partial charge in [0.2, 0.25) is 0 Å². The Morgan fingerprint density at radius 3 is 2.52 bits per heavy atom. The van der Waals surface area contributed by atoms with Crippen molar-refractivity contribution in [2.75, 3.05) is 26.0 Å². The summed E-state index contributed by atoms with van der Waals surface area (Å²) in [4.78, 5) is 2.16. The molecular weight excluding hydrogens is 328 g/mol. The van der Waals surface area contributed by atoms with Crippen molar-refractivity contribution in [3.05, 3.63) is 40.2 Å². The number of rotatable bonds is 3. The summed E-state index contributed by atoms with van der Waals surface area (Å²) in [5.41, 5.74) is 4.52. The second-order valence-corrected chi connectivity index (χ2v) is 6.70. The average Bonchev–Trinajstić information content (AvgIpc) is 2.69. The van der Waals surface area contributed by atoms with Crippen LogP contribution in [0.5, 0.6) is 0 Å². The summed E-state index contributed by atoms with van der Waals surface area (Å²) in [5.74, 6) is 0. The van der Waals surface area contributed by atoms with Gasteiger partial charge in [0.15, 0.2) is 5.11 Å². The van der Waals surface area contributed by atoms with Gasteiger partial charge in [-0.3, -0.25) is 0 Å². The van der Waals surface area contributed by atoms with Crippen molar-refractivity contribution >= 4 is 34.6 Å². The second-order valence-electron chi connectivity index (χ2n) is 5.88. The molecule has 0 radical (unpaired) electrons. The van der Waals surface area contributed by atoms with E-state index in [9.17, 15) is 0 Å². The molecule has 23 heavy (non-hydrogen) atoms. The predicted octanol–water partition coefficient (Wildman–Crippen LogP) is 4.08. The fourth-order valence-electron chi connectivity index (χ4n) is 2.90. The second kappa shape index (κ2) is 7.07. The lowest BCUT2D eigenvalue weighted by Crippen LogP contribution is -2.40. The number of benzene rings is 1.